The van der Waals surface area contributed by atoms with Crippen LogP contribution in [0.25, 0.3) is 0 Å². The number of aliphatic hydroxyl groups excluding tert-OH is 1. The first-order valence-electron chi connectivity index (χ1n) is 11.3. The van der Waals surface area contributed by atoms with Crippen molar-refractivity contribution in [2.24, 2.45) is 0 Å². The summed E-state index contributed by atoms with van der Waals surface area (Å²) in [6, 6.07) is 10.4. The number of rotatable bonds is 5. The Hall–Kier alpha value is -2.14. The van der Waals surface area contributed by atoms with Crippen molar-refractivity contribution in [3.05, 3.63) is 46.1 Å². The van der Waals surface area contributed by atoms with E-state index in [-0.39, 0.29) is 6.61 Å². The van der Waals surface area contributed by atoms with Crippen LogP contribution in [0.1, 0.15) is 54.8 Å². The fourth-order valence-electron chi connectivity index (χ4n) is 5.12. The molecule has 32 heavy (non-hydrogen) atoms. The van der Waals surface area contributed by atoms with Crippen LogP contribution in [0, 0.1) is 11.3 Å². The fraction of sp³-hybridized carbons (Fsp3) is 0.500. The molecule has 1 aromatic heterocycles. The van der Waals surface area contributed by atoms with Gasteiger partial charge in [0.05, 0.1) is 39.2 Å². The number of anilines is 2. The maximum atomic E-state index is 12.8. The molecule has 1 aromatic carbocycles. The molecule has 8 heteroatoms. The minimum Gasteiger partial charge on any atom is -0.394 e. The molecule has 0 unspecified atom stereocenters. The van der Waals surface area contributed by atoms with Gasteiger partial charge in [0.25, 0.3) is 0 Å². The third-order valence-electron chi connectivity index (χ3n) is 7.21. The predicted octanol–water partition coefficient (Wildman–Crippen LogP) is 3.98. The fourth-order valence-corrected chi connectivity index (χ4v) is 6.62. The zero-order chi connectivity index (χ0) is 22.3. The second-order valence-corrected chi connectivity index (χ2v) is 11.0. The van der Waals surface area contributed by atoms with E-state index in [4.69, 9.17) is 16.6 Å². The third kappa shape index (κ3) is 3.79. The van der Waals surface area contributed by atoms with Crippen LogP contribution >= 0.6 is 11.6 Å². The van der Waals surface area contributed by atoms with Gasteiger partial charge in [0.15, 0.2) is 0 Å². The molecule has 0 amide bonds. The zero-order valence-corrected chi connectivity index (χ0v) is 19.5. The first kappa shape index (κ1) is 21.7. The van der Waals surface area contributed by atoms with E-state index in [1.807, 2.05) is 12.1 Å². The average molecular weight is 471 g/mol. The number of pyridine rings is 1. The van der Waals surface area contributed by atoms with Gasteiger partial charge in [0.1, 0.15) is 17.5 Å². The predicted molar refractivity (Wildman–Crippen MR) is 127 cm³/mol. The molecule has 0 bridgehead atoms. The largest absolute Gasteiger partial charge is 0.394 e. The van der Waals surface area contributed by atoms with Crippen molar-refractivity contribution in [1.82, 2.24) is 4.98 Å². The summed E-state index contributed by atoms with van der Waals surface area (Å²) in [6.45, 7) is 1.62. The Balaban J connectivity index is 1.46. The summed E-state index contributed by atoms with van der Waals surface area (Å²) in [6.07, 6.45) is 5.33. The Morgan fingerprint density at radius 1 is 1.28 bits per heavy atom. The van der Waals surface area contributed by atoms with Crippen LogP contribution in [0.2, 0.25) is 5.02 Å². The molecule has 0 spiro atoms. The van der Waals surface area contributed by atoms with Gasteiger partial charge in [-0.05, 0) is 55.7 Å². The molecule has 1 saturated heterocycles. The Bertz CT molecular complexity index is 1080. The highest BCUT2D eigenvalue weighted by Crippen LogP contribution is 2.43. The topological polar surface area (TPSA) is 89.2 Å². The molecule has 168 valence electrons. The second-order valence-electron chi connectivity index (χ2n) is 9.10. The normalized spacial score (nSPS) is 22.2. The number of piperidine rings is 1. The smallest absolute Gasteiger partial charge is 0.149 e. The summed E-state index contributed by atoms with van der Waals surface area (Å²) in [4.78, 5) is 7.72. The molecule has 2 aliphatic heterocycles. The lowest BCUT2D eigenvalue weighted by atomic mass is 9.77. The molecule has 2 fully saturated rings. The SMILES string of the molecule is N#Cc1c(N2CCC(c3ccc(Cl)cc3)CC2)nc2c(c1NC1(CO)CCC1)[S@@](=O)CC2. The highest BCUT2D eigenvalue weighted by atomic mass is 35.5. The number of nitrogens with zero attached hydrogens (tertiary/aromatic N) is 3. The first-order valence-corrected chi connectivity index (χ1v) is 13.0. The lowest BCUT2D eigenvalue weighted by Gasteiger charge is -2.42. The molecule has 0 radical (unpaired) electrons. The minimum absolute atomic E-state index is 0.00339. The quantitative estimate of drug-likeness (QED) is 0.687. The van der Waals surface area contributed by atoms with Crippen molar-refractivity contribution in [2.45, 2.75) is 54.9 Å². The number of nitrogens with one attached hydrogen (secondary N) is 1. The lowest BCUT2D eigenvalue weighted by Crippen LogP contribution is -2.48. The number of nitriles is 1. The van der Waals surface area contributed by atoms with E-state index in [2.05, 4.69) is 28.4 Å². The molecular weight excluding hydrogens is 444 g/mol. The Morgan fingerprint density at radius 2 is 2.00 bits per heavy atom. The van der Waals surface area contributed by atoms with Crippen molar-refractivity contribution in [2.75, 3.05) is 35.7 Å². The molecule has 2 N–H and O–H groups in total. The Morgan fingerprint density at radius 3 is 2.59 bits per heavy atom. The Kier molecular flexibility index (Phi) is 5.87. The number of halogens is 1. The van der Waals surface area contributed by atoms with Crippen LogP contribution in [-0.4, -0.2) is 45.3 Å². The number of aliphatic hydroxyl groups is 1. The molecule has 3 heterocycles. The van der Waals surface area contributed by atoms with E-state index < -0.39 is 16.3 Å². The molecule has 2 aromatic rings. The number of aromatic nitrogens is 1. The number of aryl methyl sites for hydroxylation is 1. The number of hydrogen-bond donors (Lipinski definition) is 2. The first-order chi connectivity index (χ1) is 15.5. The van der Waals surface area contributed by atoms with Gasteiger partial charge in [-0.2, -0.15) is 5.26 Å². The second kappa shape index (κ2) is 8.66. The Labute approximate surface area is 196 Å². The molecular formula is C24H27ClN4O2S. The van der Waals surface area contributed by atoms with Crippen molar-refractivity contribution < 1.29 is 9.32 Å². The summed E-state index contributed by atoms with van der Waals surface area (Å²) in [7, 11) is -1.17. The van der Waals surface area contributed by atoms with Gasteiger partial charge in [0.2, 0.25) is 0 Å². The van der Waals surface area contributed by atoms with Gasteiger partial charge >= 0.3 is 0 Å². The van der Waals surface area contributed by atoms with Gasteiger partial charge in [-0.25, -0.2) is 4.98 Å². The number of fused-ring (bicyclic) bond motifs is 1. The number of benzene rings is 1. The maximum Gasteiger partial charge on any atom is 0.149 e. The van der Waals surface area contributed by atoms with E-state index >= 15 is 0 Å². The average Bonchev–Trinajstić information content (AvgIpc) is 3.17. The highest BCUT2D eigenvalue weighted by molar-refractivity contribution is 7.85. The number of hydrogen-bond acceptors (Lipinski definition) is 6. The van der Waals surface area contributed by atoms with Crippen LogP contribution in [0.3, 0.4) is 0 Å². The van der Waals surface area contributed by atoms with Gasteiger partial charge in [-0.1, -0.05) is 23.7 Å². The molecule has 1 aliphatic carbocycles. The third-order valence-corrected chi connectivity index (χ3v) is 8.93. The van der Waals surface area contributed by atoms with Crippen LogP contribution in [-0.2, 0) is 17.2 Å². The van der Waals surface area contributed by atoms with Crippen LogP contribution in [0.4, 0.5) is 11.5 Å². The molecule has 1 saturated carbocycles. The van der Waals surface area contributed by atoms with Crippen molar-refractivity contribution >= 4 is 33.9 Å². The summed E-state index contributed by atoms with van der Waals surface area (Å²) >= 11 is 6.04. The van der Waals surface area contributed by atoms with Gasteiger partial charge in [-0.3, -0.25) is 4.21 Å². The van der Waals surface area contributed by atoms with E-state index in [0.717, 1.165) is 55.9 Å². The van der Waals surface area contributed by atoms with E-state index in [0.29, 0.717) is 40.1 Å². The molecule has 6 nitrogen and oxygen atoms in total. The van der Waals surface area contributed by atoms with Gasteiger partial charge < -0.3 is 15.3 Å². The molecule has 3 aliphatic rings. The van der Waals surface area contributed by atoms with Crippen molar-refractivity contribution in [3.63, 3.8) is 0 Å². The summed E-state index contributed by atoms with van der Waals surface area (Å²) < 4.78 is 12.8. The van der Waals surface area contributed by atoms with Gasteiger partial charge in [0, 0.05) is 30.3 Å². The lowest BCUT2D eigenvalue weighted by molar-refractivity contribution is 0.144. The summed E-state index contributed by atoms with van der Waals surface area (Å²) in [5.41, 5.74) is 2.79. The molecule has 5 rings (SSSR count). The van der Waals surface area contributed by atoms with E-state index in [1.54, 1.807) is 0 Å². The van der Waals surface area contributed by atoms with Crippen LogP contribution in [0.15, 0.2) is 29.2 Å². The minimum atomic E-state index is -1.17. The summed E-state index contributed by atoms with van der Waals surface area (Å²) in [5, 5.41) is 24.3. The maximum absolute atomic E-state index is 12.8. The van der Waals surface area contributed by atoms with E-state index in [9.17, 15) is 14.6 Å². The standard InChI is InChI=1S/C24H27ClN4O2S/c25-18-4-2-16(3-5-18)17-6-11-29(12-7-17)23-19(14-26)21(28-24(15-30)9-1-10-24)22-20(27-23)8-13-32(22)31/h2-5,17,30H,1,6-13,15H2,(H,27,28)/t32-/m0/s1. The summed E-state index contributed by atoms with van der Waals surface area (Å²) in [5.74, 6) is 1.69. The van der Waals surface area contributed by atoms with Gasteiger partial charge in [-0.15, -0.1) is 0 Å². The van der Waals surface area contributed by atoms with Crippen molar-refractivity contribution in [1.29, 1.82) is 5.26 Å². The zero-order valence-electron chi connectivity index (χ0n) is 17.9. The monoisotopic (exact) mass is 470 g/mol. The van der Waals surface area contributed by atoms with Crippen LogP contribution in [0.5, 0.6) is 0 Å². The van der Waals surface area contributed by atoms with Crippen molar-refractivity contribution in [3.8, 4) is 6.07 Å². The van der Waals surface area contributed by atoms with E-state index in [1.165, 1.54) is 5.56 Å². The molecule has 1 atom stereocenters. The highest BCUT2D eigenvalue weighted by Gasteiger charge is 2.40. The van der Waals surface area contributed by atoms with Crippen LogP contribution < -0.4 is 10.2 Å².